The molecule has 0 spiro atoms. The number of nitrogens with zero attached hydrogens (tertiary/aromatic N) is 4. The summed E-state index contributed by atoms with van der Waals surface area (Å²) in [5.74, 6) is 0.469. The van der Waals surface area contributed by atoms with Crippen LogP contribution in [0.3, 0.4) is 0 Å². The van der Waals surface area contributed by atoms with E-state index in [0.717, 1.165) is 57.8 Å². The van der Waals surface area contributed by atoms with Crippen molar-refractivity contribution in [2.24, 2.45) is 4.99 Å². The normalized spacial score (nSPS) is 15.1. The number of halogens is 1. The zero-order chi connectivity index (χ0) is 23.6. The van der Waals surface area contributed by atoms with Gasteiger partial charge in [-0.05, 0) is 73.5 Å². The van der Waals surface area contributed by atoms with Crippen molar-refractivity contribution in [2.45, 2.75) is 18.9 Å². The first kappa shape index (κ1) is 21.4. The summed E-state index contributed by atoms with van der Waals surface area (Å²) in [7, 11) is 0. The highest BCUT2D eigenvalue weighted by Gasteiger charge is 2.18. The second-order valence-electron chi connectivity index (χ2n) is 8.58. The van der Waals surface area contributed by atoms with Crippen LogP contribution in [-0.2, 0) is 4.74 Å². The van der Waals surface area contributed by atoms with Crippen LogP contribution in [0.15, 0.2) is 90.1 Å². The SMILES string of the molecule is Fc1ccc(-n2c3cc(=NC4CCOCC4)c(Nc4ccccn4)cc-3nc3ccccc32)cc1. The van der Waals surface area contributed by atoms with Gasteiger partial charge in [-0.15, -0.1) is 0 Å². The first-order chi connectivity index (χ1) is 17.2. The molecule has 3 aromatic rings. The summed E-state index contributed by atoms with van der Waals surface area (Å²) >= 11 is 0. The standard InChI is InChI=1S/C28H24FN5O/c29-19-8-10-21(11-9-19)34-26-6-2-1-5-22(26)32-25-17-23(33-28-7-3-4-14-30-28)24(18-27(25)34)31-20-12-15-35-16-13-20/h1-11,14,17-18,20H,12-13,15-16H2,(H,30,33). The fourth-order valence-electron chi connectivity index (χ4n) is 4.50. The molecular formula is C28H24FN5O. The lowest BCUT2D eigenvalue weighted by atomic mass is 10.1. The highest BCUT2D eigenvalue weighted by molar-refractivity contribution is 5.84. The number of pyridine rings is 1. The Hall–Kier alpha value is -4.10. The topological polar surface area (TPSA) is 64.3 Å². The number of aromatic nitrogens is 3. The summed E-state index contributed by atoms with van der Waals surface area (Å²) in [5.41, 5.74) is 5.19. The van der Waals surface area contributed by atoms with Crippen LogP contribution in [0.4, 0.5) is 15.9 Å². The fourth-order valence-corrected chi connectivity index (χ4v) is 4.50. The van der Waals surface area contributed by atoms with Crippen molar-refractivity contribution in [3.8, 4) is 17.1 Å². The van der Waals surface area contributed by atoms with E-state index in [-0.39, 0.29) is 11.9 Å². The second-order valence-corrected chi connectivity index (χ2v) is 8.58. The first-order valence-corrected chi connectivity index (χ1v) is 11.8. The molecule has 0 unspecified atom stereocenters. The number of benzene rings is 3. The minimum absolute atomic E-state index is 0.179. The van der Waals surface area contributed by atoms with Crippen molar-refractivity contribution in [2.75, 3.05) is 18.5 Å². The van der Waals surface area contributed by atoms with Crippen molar-refractivity contribution in [1.29, 1.82) is 0 Å². The smallest absolute Gasteiger partial charge is 0.130 e. The zero-order valence-electron chi connectivity index (χ0n) is 19.1. The molecule has 3 heterocycles. The molecule has 174 valence electrons. The lowest BCUT2D eigenvalue weighted by Crippen LogP contribution is -2.23. The maximum atomic E-state index is 13.8. The van der Waals surface area contributed by atoms with Crippen LogP contribution in [0, 0.1) is 5.82 Å². The van der Waals surface area contributed by atoms with Gasteiger partial charge in [-0.25, -0.2) is 14.4 Å². The number of hydrogen-bond acceptors (Lipinski definition) is 5. The molecule has 1 saturated heterocycles. The highest BCUT2D eigenvalue weighted by atomic mass is 19.1. The predicted octanol–water partition coefficient (Wildman–Crippen LogP) is 5.49. The predicted molar refractivity (Wildman–Crippen MR) is 135 cm³/mol. The molecule has 6 rings (SSSR count). The minimum atomic E-state index is -0.269. The van der Waals surface area contributed by atoms with E-state index in [4.69, 9.17) is 14.7 Å². The third-order valence-electron chi connectivity index (χ3n) is 6.22. The zero-order valence-corrected chi connectivity index (χ0v) is 19.1. The molecule has 7 heteroatoms. The fraction of sp³-hybridized carbons (Fsp3) is 0.179. The molecule has 6 nitrogen and oxygen atoms in total. The van der Waals surface area contributed by atoms with Crippen LogP contribution in [0.2, 0.25) is 0 Å². The van der Waals surface area contributed by atoms with Crippen molar-refractivity contribution in [1.82, 2.24) is 14.5 Å². The molecular weight excluding hydrogens is 441 g/mol. The van der Waals surface area contributed by atoms with E-state index >= 15 is 0 Å². The summed E-state index contributed by atoms with van der Waals surface area (Å²) in [5, 5.41) is 4.27. The van der Waals surface area contributed by atoms with Crippen LogP contribution < -0.4 is 10.7 Å². The van der Waals surface area contributed by atoms with E-state index in [9.17, 15) is 4.39 Å². The number of rotatable bonds is 4. The van der Waals surface area contributed by atoms with Crippen molar-refractivity contribution >= 4 is 22.5 Å². The monoisotopic (exact) mass is 465 g/mol. The molecule has 0 amide bonds. The lowest BCUT2D eigenvalue weighted by molar-refractivity contribution is 0.0864. The molecule has 0 radical (unpaired) electrons. The molecule has 0 bridgehead atoms. The van der Waals surface area contributed by atoms with Gasteiger partial charge in [0.1, 0.15) is 11.6 Å². The first-order valence-electron chi connectivity index (χ1n) is 11.8. The molecule has 3 aliphatic rings. The van der Waals surface area contributed by atoms with Gasteiger partial charge < -0.3 is 14.6 Å². The molecule has 35 heavy (non-hydrogen) atoms. The van der Waals surface area contributed by atoms with E-state index in [2.05, 4.69) is 20.9 Å². The summed E-state index contributed by atoms with van der Waals surface area (Å²) in [6.07, 6.45) is 3.52. The summed E-state index contributed by atoms with van der Waals surface area (Å²) in [6.45, 7) is 1.43. The van der Waals surface area contributed by atoms with Crippen LogP contribution in [0.5, 0.6) is 0 Å². The Morgan fingerprint density at radius 3 is 2.54 bits per heavy atom. The van der Waals surface area contributed by atoms with Crippen molar-refractivity contribution in [3.05, 3.63) is 96.2 Å². The molecule has 2 aromatic carbocycles. The van der Waals surface area contributed by atoms with Crippen LogP contribution in [0.25, 0.3) is 28.1 Å². The van der Waals surface area contributed by atoms with Gasteiger partial charge in [0.05, 0.1) is 39.5 Å². The Labute approximate surface area is 202 Å². The summed E-state index contributed by atoms with van der Waals surface area (Å²) in [6, 6.07) is 24.5. The average Bonchev–Trinajstić information content (AvgIpc) is 2.90. The number of nitrogens with one attached hydrogen (secondary N) is 1. The van der Waals surface area contributed by atoms with Gasteiger partial charge in [-0.3, -0.25) is 4.99 Å². The third kappa shape index (κ3) is 4.38. The van der Waals surface area contributed by atoms with Gasteiger partial charge >= 0.3 is 0 Å². The van der Waals surface area contributed by atoms with E-state index in [0.29, 0.717) is 13.2 Å². The van der Waals surface area contributed by atoms with Crippen LogP contribution in [0.1, 0.15) is 12.8 Å². The quantitative estimate of drug-likeness (QED) is 0.357. The Morgan fingerprint density at radius 1 is 0.943 bits per heavy atom. The lowest BCUT2D eigenvalue weighted by Gasteiger charge is -2.21. The molecule has 1 N–H and O–H groups in total. The Kier molecular flexibility index (Phi) is 5.68. The summed E-state index contributed by atoms with van der Waals surface area (Å²) in [4.78, 5) is 14.5. The van der Waals surface area contributed by atoms with Gasteiger partial charge in [0.25, 0.3) is 0 Å². The van der Waals surface area contributed by atoms with Crippen molar-refractivity contribution in [3.63, 3.8) is 0 Å². The third-order valence-corrected chi connectivity index (χ3v) is 6.22. The average molecular weight is 466 g/mol. The molecule has 1 aromatic heterocycles. The maximum Gasteiger partial charge on any atom is 0.130 e. The number of ether oxygens (including phenoxy) is 1. The molecule has 1 fully saturated rings. The number of anilines is 2. The number of para-hydroxylation sites is 2. The highest BCUT2D eigenvalue weighted by Crippen LogP contribution is 2.30. The number of hydrogen-bond donors (Lipinski definition) is 1. The molecule has 2 aliphatic heterocycles. The molecule has 0 saturated carbocycles. The van der Waals surface area contributed by atoms with Crippen molar-refractivity contribution < 1.29 is 9.13 Å². The largest absolute Gasteiger partial charge is 0.381 e. The summed E-state index contributed by atoms with van der Waals surface area (Å²) < 4.78 is 21.4. The van der Waals surface area contributed by atoms with Crippen LogP contribution in [-0.4, -0.2) is 33.8 Å². The van der Waals surface area contributed by atoms with E-state index in [1.807, 2.05) is 48.5 Å². The van der Waals surface area contributed by atoms with Gasteiger partial charge in [-0.2, -0.15) is 0 Å². The van der Waals surface area contributed by atoms with Gasteiger partial charge in [0.15, 0.2) is 0 Å². The Bertz CT molecular complexity index is 1510. The van der Waals surface area contributed by atoms with Crippen LogP contribution >= 0.6 is 0 Å². The second kappa shape index (κ2) is 9.27. The van der Waals surface area contributed by atoms with E-state index in [1.54, 1.807) is 18.3 Å². The Morgan fingerprint density at radius 2 is 1.74 bits per heavy atom. The van der Waals surface area contributed by atoms with Gasteiger partial charge in [0, 0.05) is 25.1 Å². The van der Waals surface area contributed by atoms with Gasteiger partial charge in [0.2, 0.25) is 0 Å². The minimum Gasteiger partial charge on any atom is -0.381 e. The van der Waals surface area contributed by atoms with E-state index < -0.39 is 0 Å². The Balaban J connectivity index is 1.62. The van der Waals surface area contributed by atoms with Gasteiger partial charge in [-0.1, -0.05) is 18.2 Å². The number of fused-ring (bicyclic) bond motifs is 2. The molecule has 1 aliphatic carbocycles. The molecule has 0 atom stereocenters. The van der Waals surface area contributed by atoms with E-state index in [1.165, 1.54) is 12.1 Å². The maximum absolute atomic E-state index is 13.8.